The summed E-state index contributed by atoms with van der Waals surface area (Å²) in [5, 5.41) is 0. The highest BCUT2D eigenvalue weighted by atomic mass is 16.1. The number of likely N-dealkylation sites (tertiary alicyclic amines) is 1. The van der Waals surface area contributed by atoms with Crippen LogP contribution in [0.5, 0.6) is 0 Å². The predicted octanol–water partition coefficient (Wildman–Crippen LogP) is 3.12. The van der Waals surface area contributed by atoms with Crippen LogP contribution in [0.25, 0.3) is 0 Å². The van der Waals surface area contributed by atoms with Crippen molar-refractivity contribution in [3.05, 3.63) is 35.9 Å². The topological polar surface area (TPSA) is 20.3 Å². The van der Waals surface area contributed by atoms with Gasteiger partial charge in [0.05, 0.1) is 0 Å². The van der Waals surface area contributed by atoms with E-state index in [2.05, 4.69) is 42.2 Å². The van der Waals surface area contributed by atoms with Gasteiger partial charge in [0.25, 0.3) is 0 Å². The summed E-state index contributed by atoms with van der Waals surface area (Å²) in [6, 6.07) is 10.6. The molecular formula is C16H23NO. The summed E-state index contributed by atoms with van der Waals surface area (Å²) in [6.45, 7) is 5.39. The van der Waals surface area contributed by atoms with Crippen molar-refractivity contribution in [1.82, 2.24) is 4.90 Å². The van der Waals surface area contributed by atoms with Crippen LogP contribution in [0.4, 0.5) is 0 Å². The first-order valence-electron chi connectivity index (χ1n) is 7.01. The van der Waals surface area contributed by atoms with Gasteiger partial charge in [-0.3, -0.25) is 4.90 Å². The van der Waals surface area contributed by atoms with Crippen LogP contribution in [0.2, 0.25) is 0 Å². The van der Waals surface area contributed by atoms with E-state index < -0.39 is 0 Å². The second-order valence-electron chi connectivity index (χ2n) is 5.45. The highest BCUT2D eigenvalue weighted by Crippen LogP contribution is 2.24. The third-order valence-corrected chi connectivity index (χ3v) is 4.07. The van der Waals surface area contributed by atoms with E-state index in [1.165, 1.54) is 18.4 Å². The van der Waals surface area contributed by atoms with Gasteiger partial charge in [0.1, 0.15) is 6.29 Å². The summed E-state index contributed by atoms with van der Waals surface area (Å²) in [5.41, 5.74) is 1.39. The van der Waals surface area contributed by atoms with E-state index in [0.717, 1.165) is 32.3 Å². The van der Waals surface area contributed by atoms with Crippen molar-refractivity contribution in [3.8, 4) is 0 Å². The molecule has 1 saturated heterocycles. The Kier molecular flexibility index (Phi) is 4.94. The zero-order valence-electron chi connectivity index (χ0n) is 11.2. The van der Waals surface area contributed by atoms with Gasteiger partial charge in [-0.05, 0) is 43.8 Å². The molecule has 1 aromatic rings. The van der Waals surface area contributed by atoms with E-state index in [0.29, 0.717) is 5.92 Å². The van der Waals surface area contributed by atoms with E-state index in [9.17, 15) is 4.79 Å². The van der Waals surface area contributed by atoms with Gasteiger partial charge in [0, 0.05) is 12.5 Å². The van der Waals surface area contributed by atoms with Crippen molar-refractivity contribution >= 4 is 6.29 Å². The molecule has 0 amide bonds. The molecule has 0 aromatic heterocycles. The van der Waals surface area contributed by atoms with E-state index in [1.54, 1.807) is 0 Å². The highest BCUT2D eigenvalue weighted by molar-refractivity contribution is 5.53. The maximum Gasteiger partial charge on any atom is 0.123 e. The van der Waals surface area contributed by atoms with Gasteiger partial charge in [0.2, 0.25) is 0 Å². The third-order valence-electron chi connectivity index (χ3n) is 4.07. The van der Waals surface area contributed by atoms with Crippen LogP contribution >= 0.6 is 0 Å². The van der Waals surface area contributed by atoms with Gasteiger partial charge in [-0.25, -0.2) is 0 Å². The quantitative estimate of drug-likeness (QED) is 0.760. The van der Waals surface area contributed by atoms with Crippen LogP contribution in [-0.4, -0.2) is 24.3 Å². The lowest BCUT2D eigenvalue weighted by Crippen LogP contribution is -2.24. The molecule has 18 heavy (non-hydrogen) atoms. The maximum absolute atomic E-state index is 10.9. The number of carbonyl (C=O) groups is 1. The molecule has 2 rings (SSSR count). The van der Waals surface area contributed by atoms with Crippen LogP contribution in [0.15, 0.2) is 30.3 Å². The number of rotatable bonds is 4. The predicted molar refractivity (Wildman–Crippen MR) is 74.3 cm³/mol. The normalized spacial score (nSPS) is 23.3. The van der Waals surface area contributed by atoms with Gasteiger partial charge in [-0.2, -0.15) is 0 Å². The molecule has 1 aliphatic heterocycles. The number of benzene rings is 1. The fourth-order valence-corrected chi connectivity index (χ4v) is 2.82. The minimum absolute atomic E-state index is 0.224. The summed E-state index contributed by atoms with van der Waals surface area (Å²) in [5.74, 6) is 0.810. The lowest BCUT2D eigenvalue weighted by molar-refractivity contribution is -0.112. The second-order valence-corrected chi connectivity index (χ2v) is 5.45. The molecule has 0 spiro atoms. The Morgan fingerprint density at radius 2 is 2.06 bits per heavy atom. The Morgan fingerprint density at radius 1 is 1.28 bits per heavy atom. The van der Waals surface area contributed by atoms with Crippen molar-refractivity contribution < 1.29 is 4.79 Å². The van der Waals surface area contributed by atoms with E-state index in [4.69, 9.17) is 0 Å². The van der Waals surface area contributed by atoms with E-state index >= 15 is 0 Å². The standard InChI is InChI=1S/C16H23NO/c1-14(13-18)16-8-5-10-17(11-9-16)12-15-6-3-2-4-7-15/h2-4,6-7,13-14,16H,5,8-12H2,1H3. The average Bonchev–Trinajstić information content (AvgIpc) is 2.65. The van der Waals surface area contributed by atoms with Gasteiger partial charge in [0.15, 0.2) is 0 Å². The molecular weight excluding hydrogens is 222 g/mol. The first-order chi connectivity index (χ1) is 8.79. The fourth-order valence-electron chi connectivity index (χ4n) is 2.82. The zero-order valence-corrected chi connectivity index (χ0v) is 11.2. The molecule has 98 valence electrons. The molecule has 1 aromatic carbocycles. The van der Waals surface area contributed by atoms with Crippen LogP contribution in [-0.2, 0) is 11.3 Å². The Labute approximate surface area is 110 Å². The summed E-state index contributed by atoms with van der Waals surface area (Å²) < 4.78 is 0. The van der Waals surface area contributed by atoms with Crippen molar-refractivity contribution in [2.75, 3.05) is 13.1 Å². The second kappa shape index (κ2) is 6.69. The highest BCUT2D eigenvalue weighted by Gasteiger charge is 2.21. The zero-order chi connectivity index (χ0) is 12.8. The summed E-state index contributed by atoms with van der Waals surface area (Å²) in [6.07, 6.45) is 4.70. The molecule has 1 aliphatic rings. The van der Waals surface area contributed by atoms with E-state index in [-0.39, 0.29) is 5.92 Å². The third kappa shape index (κ3) is 3.67. The van der Waals surface area contributed by atoms with Gasteiger partial charge >= 0.3 is 0 Å². The maximum atomic E-state index is 10.9. The van der Waals surface area contributed by atoms with E-state index in [1.807, 2.05) is 0 Å². The average molecular weight is 245 g/mol. The van der Waals surface area contributed by atoms with Crippen LogP contribution in [0.3, 0.4) is 0 Å². The van der Waals surface area contributed by atoms with Crippen molar-refractivity contribution in [3.63, 3.8) is 0 Å². The van der Waals surface area contributed by atoms with Crippen molar-refractivity contribution in [2.45, 2.75) is 32.7 Å². The lowest BCUT2D eigenvalue weighted by Gasteiger charge is -2.21. The molecule has 2 nitrogen and oxygen atoms in total. The molecule has 0 saturated carbocycles. The monoisotopic (exact) mass is 245 g/mol. The molecule has 0 aliphatic carbocycles. The minimum atomic E-state index is 0.224. The van der Waals surface area contributed by atoms with Gasteiger partial charge in [-0.1, -0.05) is 37.3 Å². The molecule has 2 unspecified atom stereocenters. The molecule has 2 atom stereocenters. The number of aldehydes is 1. The Morgan fingerprint density at radius 3 is 2.78 bits per heavy atom. The largest absolute Gasteiger partial charge is 0.303 e. The van der Waals surface area contributed by atoms with Crippen LogP contribution < -0.4 is 0 Å². The van der Waals surface area contributed by atoms with Crippen LogP contribution in [0, 0.1) is 11.8 Å². The number of hydrogen-bond acceptors (Lipinski definition) is 2. The van der Waals surface area contributed by atoms with Crippen molar-refractivity contribution in [1.29, 1.82) is 0 Å². The first-order valence-corrected chi connectivity index (χ1v) is 7.01. The number of carbonyl (C=O) groups excluding carboxylic acids is 1. The molecule has 1 heterocycles. The van der Waals surface area contributed by atoms with Gasteiger partial charge < -0.3 is 4.79 Å². The summed E-state index contributed by atoms with van der Waals surface area (Å²) >= 11 is 0. The Balaban J connectivity index is 1.87. The number of nitrogens with zero attached hydrogens (tertiary/aromatic N) is 1. The Bertz CT molecular complexity index is 363. The number of hydrogen-bond donors (Lipinski definition) is 0. The molecule has 0 radical (unpaired) electrons. The SMILES string of the molecule is CC(C=O)C1CCCN(Cc2ccccc2)CC1. The summed E-state index contributed by atoms with van der Waals surface area (Å²) in [7, 11) is 0. The molecule has 1 fully saturated rings. The summed E-state index contributed by atoms with van der Waals surface area (Å²) in [4.78, 5) is 13.4. The Hall–Kier alpha value is -1.15. The van der Waals surface area contributed by atoms with Gasteiger partial charge in [-0.15, -0.1) is 0 Å². The lowest BCUT2D eigenvalue weighted by atomic mass is 9.89. The molecule has 0 bridgehead atoms. The minimum Gasteiger partial charge on any atom is -0.303 e. The first kappa shape index (κ1) is 13.3. The fraction of sp³-hybridized carbons (Fsp3) is 0.562. The van der Waals surface area contributed by atoms with Crippen molar-refractivity contribution in [2.24, 2.45) is 11.8 Å². The molecule has 2 heteroatoms. The smallest absolute Gasteiger partial charge is 0.123 e. The molecule has 0 N–H and O–H groups in total. The van der Waals surface area contributed by atoms with Crippen LogP contribution in [0.1, 0.15) is 31.7 Å².